The minimum absolute atomic E-state index is 0.00925. The van der Waals surface area contributed by atoms with Gasteiger partial charge in [-0.3, -0.25) is 28.9 Å². The second-order valence-electron chi connectivity index (χ2n) is 20.3. The van der Waals surface area contributed by atoms with Gasteiger partial charge in [-0.15, -0.1) is 0 Å². The zero-order valence-electron chi connectivity index (χ0n) is 46.3. The topological polar surface area (TPSA) is 264 Å². The van der Waals surface area contributed by atoms with Gasteiger partial charge in [0.25, 0.3) is 11.8 Å². The summed E-state index contributed by atoms with van der Waals surface area (Å²) in [5.74, 6) is -1.25. The zero-order chi connectivity index (χ0) is 58.1. The van der Waals surface area contributed by atoms with E-state index in [2.05, 4.69) is 27.8 Å². The number of allylic oxidation sites excluding steroid dienone is 2. The number of alkyl carbamates (subject to hydrolysis) is 1. The van der Waals surface area contributed by atoms with Crippen molar-refractivity contribution in [1.82, 2.24) is 30.7 Å². The lowest BCUT2D eigenvalue weighted by Gasteiger charge is -2.32. The lowest BCUT2D eigenvalue weighted by Crippen LogP contribution is -2.53. The molecule has 6 rings (SSSR count). The third kappa shape index (κ3) is 16.8. The number of fused-ring (bicyclic) bond motifs is 1. The van der Waals surface area contributed by atoms with Crippen LogP contribution in [0.5, 0.6) is 5.75 Å². The maximum Gasteiger partial charge on any atom is 0.416 e. The molecular formula is C59H73N7O14. The van der Waals surface area contributed by atoms with Crippen molar-refractivity contribution in [1.29, 1.82) is 0 Å². The maximum atomic E-state index is 14.3. The number of benzene rings is 3. The highest BCUT2D eigenvalue weighted by Crippen LogP contribution is 2.40. The van der Waals surface area contributed by atoms with Crippen molar-refractivity contribution in [2.24, 2.45) is 0 Å². The minimum Gasteiger partial charge on any atom is -0.498 e. The average Bonchev–Trinajstić information content (AvgIpc) is 4.04. The molecule has 428 valence electrons. The Hall–Kier alpha value is -8.43. The van der Waals surface area contributed by atoms with E-state index in [9.17, 15) is 43.8 Å². The molecule has 3 heterocycles. The smallest absolute Gasteiger partial charge is 0.416 e. The molecule has 0 radical (unpaired) electrons. The molecule has 3 aromatic carbocycles. The van der Waals surface area contributed by atoms with Crippen LogP contribution in [-0.2, 0) is 55.9 Å². The molecule has 1 fully saturated rings. The van der Waals surface area contributed by atoms with Gasteiger partial charge in [0.05, 0.1) is 33.1 Å². The number of methoxy groups -OCH3 is 3. The number of amides is 7. The van der Waals surface area contributed by atoms with E-state index in [0.717, 1.165) is 26.5 Å². The molecule has 3 aliphatic rings. The van der Waals surface area contributed by atoms with Crippen LogP contribution in [-0.4, -0.2) is 137 Å². The molecule has 0 aromatic heterocycles. The number of hydrogen-bond donors (Lipinski definition) is 6. The van der Waals surface area contributed by atoms with Gasteiger partial charge in [-0.2, -0.15) is 0 Å². The van der Waals surface area contributed by atoms with Crippen molar-refractivity contribution in [3.05, 3.63) is 149 Å². The largest absolute Gasteiger partial charge is 0.498 e. The highest BCUT2D eigenvalue weighted by atomic mass is 16.6. The number of ether oxygens (including phenoxy) is 5. The Morgan fingerprint density at radius 3 is 2.14 bits per heavy atom. The standard InChI is InChI=1S/C59H73N7O14/c1-37-47(34-49(78-8)38(2)76-6)66(56(73)48-33-42(35-65(48)55(37)72)41-22-26-44(77-7)27-23-41)58(75)79-36-40-20-24-43(25-21-40)61-53(70)45(18-12-14-30-60-57(74)80-59(3,4)5)63-54(71)46(32-39-16-10-9-11-17-39)62-50(67)19-13-15-31-64-51(68)28-29-52(64)69/h9-11,16-17,20-29,34-35,45-46,48,55-56,72-73H,1,12-15,18-19,30-33,36H2,2-8H3,(H,60,74)(H,61,70)(H,62,67)(H,63,71). The highest BCUT2D eigenvalue weighted by molar-refractivity contribution is 6.12. The molecule has 21 heteroatoms. The summed E-state index contributed by atoms with van der Waals surface area (Å²) >= 11 is 0. The molecule has 1 saturated heterocycles. The highest BCUT2D eigenvalue weighted by Gasteiger charge is 2.46. The van der Waals surface area contributed by atoms with Crippen LogP contribution in [0, 0.1) is 0 Å². The fourth-order valence-corrected chi connectivity index (χ4v) is 9.03. The fraction of sp³-hybridized carbons (Fsp3) is 0.407. The van der Waals surface area contributed by atoms with Gasteiger partial charge in [0, 0.05) is 61.6 Å². The Morgan fingerprint density at radius 2 is 1.50 bits per heavy atom. The van der Waals surface area contributed by atoms with Crippen molar-refractivity contribution in [3.63, 3.8) is 0 Å². The third-order valence-electron chi connectivity index (χ3n) is 13.4. The van der Waals surface area contributed by atoms with Gasteiger partial charge in [0.2, 0.25) is 17.7 Å². The Labute approximate surface area is 466 Å². The Bertz CT molecular complexity index is 2820. The zero-order valence-corrected chi connectivity index (χ0v) is 46.3. The first-order valence-electron chi connectivity index (χ1n) is 26.4. The van der Waals surface area contributed by atoms with E-state index in [-0.39, 0.29) is 62.4 Å². The lowest BCUT2D eigenvalue weighted by molar-refractivity contribution is -0.136. The molecule has 80 heavy (non-hydrogen) atoms. The van der Waals surface area contributed by atoms with Crippen molar-refractivity contribution < 1.29 is 67.5 Å². The molecule has 5 atom stereocenters. The molecule has 3 aromatic rings. The van der Waals surface area contributed by atoms with E-state index in [4.69, 9.17) is 23.7 Å². The Kier molecular flexibility index (Phi) is 21.6. The van der Waals surface area contributed by atoms with E-state index in [1.165, 1.54) is 32.4 Å². The summed E-state index contributed by atoms with van der Waals surface area (Å²) in [5, 5.41) is 35.1. The van der Waals surface area contributed by atoms with Crippen molar-refractivity contribution in [3.8, 4) is 5.75 Å². The maximum absolute atomic E-state index is 14.3. The molecule has 5 unspecified atom stereocenters. The molecule has 0 saturated carbocycles. The molecule has 0 aliphatic carbocycles. The van der Waals surface area contributed by atoms with Gasteiger partial charge in [0.15, 0.2) is 18.2 Å². The first-order valence-corrected chi connectivity index (χ1v) is 26.4. The van der Waals surface area contributed by atoms with Crippen LogP contribution >= 0.6 is 0 Å². The second kappa shape index (κ2) is 28.4. The van der Waals surface area contributed by atoms with Gasteiger partial charge in [0.1, 0.15) is 35.8 Å². The average molecular weight is 1100 g/mol. The van der Waals surface area contributed by atoms with Gasteiger partial charge in [-0.25, -0.2) is 14.5 Å². The second-order valence-corrected chi connectivity index (χ2v) is 20.3. The van der Waals surface area contributed by atoms with Crippen LogP contribution in [0.2, 0.25) is 0 Å². The number of carbonyl (C=O) groups excluding carboxylic acids is 7. The molecule has 0 spiro atoms. The molecule has 21 nitrogen and oxygen atoms in total. The summed E-state index contributed by atoms with van der Waals surface area (Å²) in [6.45, 7) is 11.1. The van der Waals surface area contributed by atoms with E-state index in [1.54, 1.807) is 94.4 Å². The molecule has 7 amide bonds. The summed E-state index contributed by atoms with van der Waals surface area (Å²) in [4.78, 5) is 96.0. The van der Waals surface area contributed by atoms with Gasteiger partial charge in [-0.05, 0) is 113 Å². The van der Waals surface area contributed by atoms with Crippen LogP contribution in [0.3, 0.4) is 0 Å². The number of carbonyl (C=O) groups is 7. The van der Waals surface area contributed by atoms with Crippen LogP contribution in [0.1, 0.15) is 89.3 Å². The predicted octanol–water partition coefficient (Wildman–Crippen LogP) is 6.31. The number of unbranched alkanes of at least 4 members (excludes halogenated alkanes) is 2. The minimum atomic E-state index is -1.57. The number of aliphatic hydroxyl groups is 2. The number of imide groups is 1. The van der Waals surface area contributed by atoms with Crippen LogP contribution in [0.25, 0.3) is 5.57 Å². The number of aliphatic hydroxyl groups excluding tert-OH is 2. The lowest BCUT2D eigenvalue weighted by atomic mass is 10.0. The normalized spacial score (nSPS) is 18.5. The third-order valence-corrected chi connectivity index (χ3v) is 13.4. The van der Waals surface area contributed by atoms with Crippen LogP contribution in [0.4, 0.5) is 15.3 Å². The fourth-order valence-electron chi connectivity index (χ4n) is 9.03. The van der Waals surface area contributed by atoms with Crippen LogP contribution < -0.4 is 26.0 Å². The molecule has 6 N–H and O–H groups in total. The van der Waals surface area contributed by atoms with Crippen molar-refractivity contribution in [2.75, 3.05) is 39.7 Å². The number of hydrogen-bond acceptors (Lipinski definition) is 15. The number of nitrogens with one attached hydrogen (secondary N) is 4. The number of nitrogens with zero attached hydrogens (tertiary/aromatic N) is 3. The first kappa shape index (κ1) is 60.8. The van der Waals surface area contributed by atoms with Crippen LogP contribution in [0.15, 0.2) is 133 Å². The van der Waals surface area contributed by atoms with Gasteiger partial charge < -0.3 is 60.1 Å². The summed E-state index contributed by atoms with van der Waals surface area (Å²) in [7, 11) is 4.42. The van der Waals surface area contributed by atoms with E-state index < -0.39 is 77.9 Å². The Balaban J connectivity index is 1.15. The predicted molar refractivity (Wildman–Crippen MR) is 296 cm³/mol. The summed E-state index contributed by atoms with van der Waals surface area (Å²) in [6, 6.07) is 19.8. The van der Waals surface area contributed by atoms with Gasteiger partial charge >= 0.3 is 12.2 Å². The molecular weight excluding hydrogens is 1030 g/mol. The van der Waals surface area contributed by atoms with E-state index in [1.807, 2.05) is 30.3 Å². The monoisotopic (exact) mass is 1100 g/mol. The first-order chi connectivity index (χ1) is 38.2. The summed E-state index contributed by atoms with van der Waals surface area (Å²) in [6.07, 6.45) is 3.07. The number of anilines is 1. The molecule has 3 aliphatic heterocycles. The summed E-state index contributed by atoms with van der Waals surface area (Å²) in [5.41, 5.74) is 2.59. The van der Waals surface area contributed by atoms with Crippen molar-refractivity contribution >= 4 is 53.0 Å². The van der Waals surface area contributed by atoms with E-state index >= 15 is 0 Å². The van der Waals surface area contributed by atoms with Crippen molar-refractivity contribution in [2.45, 2.75) is 122 Å². The quantitative estimate of drug-likeness (QED) is 0.0326. The molecule has 0 bridgehead atoms. The van der Waals surface area contributed by atoms with E-state index in [0.29, 0.717) is 48.4 Å². The Morgan fingerprint density at radius 1 is 0.812 bits per heavy atom. The summed E-state index contributed by atoms with van der Waals surface area (Å²) < 4.78 is 27.5. The SMILES string of the molecule is C=C1C(=CC(OC)=C(C)OC)N(C(=O)OCc2ccc(NC(=O)C(CCCCNC(=O)OC(C)(C)C)NC(=O)C(Cc3ccccc3)NC(=O)CCCCN3C(=O)C=CC3=O)cc2)C(O)C2CC(c3ccc(OC)cc3)=CN2C1O. The number of rotatable bonds is 24. The van der Waals surface area contributed by atoms with Gasteiger partial charge in [-0.1, -0.05) is 61.2 Å².